The highest BCUT2D eigenvalue weighted by atomic mass is 79.9. The van der Waals surface area contributed by atoms with Gasteiger partial charge in [-0.2, -0.15) is 0 Å². The Hall–Kier alpha value is -0.510. The molecule has 76 valence electrons. The van der Waals surface area contributed by atoms with Gasteiger partial charge in [0.1, 0.15) is 5.82 Å². The standard InChI is InChI=1S/C10H8BrF3/c1-9(5-10(9,13)14)6-2-3-8(12)7(11)4-6/h2-4H,5H2,1H3. The third-order valence-electron chi connectivity index (χ3n) is 2.81. The lowest BCUT2D eigenvalue weighted by Crippen LogP contribution is -2.11. The lowest BCUT2D eigenvalue weighted by molar-refractivity contribution is 0.0920. The van der Waals surface area contributed by atoms with Crippen LogP contribution in [0.5, 0.6) is 0 Å². The smallest absolute Gasteiger partial charge is 0.206 e. The van der Waals surface area contributed by atoms with Crippen LogP contribution in [-0.4, -0.2) is 5.92 Å². The summed E-state index contributed by atoms with van der Waals surface area (Å²) < 4.78 is 39.1. The summed E-state index contributed by atoms with van der Waals surface area (Å²) in [7, 11) is 0. The van der Waals surface area contributed by atoms with Gasteiger partial charge >= 0.3 is 0 Å². The van der Waals surface area contributed by atoms with Crippen molar-refractivity contribution in [3.63, 3.8) is 0 Å². The number of benzene rings is 1. The SMILES string of the molecule is CC1(c2ccc(F)c(Br)c2)CC1(F)F. The zero-order valence-electron chi connectivity index (χ0n) is 7.45. The molecular weight excluding hydrogens is 257 g/mol. The quantitative estimate of drug-likeness (QED) is 0.722. The predicted molar refractivity (Wildman–Crippen MR) is 51.0 cm³/mol. The van der Waals surface area contributed by atoms with Crippen molar-refractivity contribution >= 4 is 15.9 Å². The third kappa shape index (κ3) is 1.28. The van der Waals surface area contributed by atoms with E-state index in [9.17, 15) is 13.2 Å². The van der Waals surface area contributed by atoms with Crippen LogP contribution in [0, 0.1) is 5.82 Å². The maximum atomic E-state index is 13.0. The highest BCUT2D eigenvalue weighted by molar-refractivity contribution is 9.10. The van der Waals surface area contributed by atoms with Crippen molar-refractivity contribution in [1.82, 2.24) is 0 Å². The highest BCUT2D eigenvalue weighted by Crippen LogP contribution is 2.61. The summed E-state index contributed by atoms with van der Waals surface area (Å²) in [5, 5.41) is 0. The van der Waals surface area contributed by atoms with Crippen LogP contribution >= 0.6 is 15.9 Å². The molecule has 14 heavy (non-hydrogen) atoms. The van der Waals surface area contributed by atoms with Gasteiger partial charge in [0, 0.05) is 6.42 Å². The van der Waals surface area contributed by atoms with E-state index in [-0.39, 0.29) is 10.9 Å². The molecule has 0 N–H and O–H groups in total. The molecule has 0 aromatic heterocycles. The maximum absolute atomic E-state index is 13.0. The van der Waals surface area contributed by atoms with Crippen LogP contribution in [0.3, 0.4) is 0 Å². The first-order valence-electron chi connectivity index (χ1n) is 4.20. The Balaban J connectivity index is 2.40. The van der Waals surface area contributed by atoms with E-state index in [1.165, 1.54) is 25.1 Å². The zero-order chi connectivity index (χ0) is 10.6. The molecule has 1 saturated carbocycles. The Morgan fingerprint density at radius 1 is 1.36 bits per heavy atom. The zero-order valence-corrected chi connectivity index (χ0v) is 9.04. The number of halogens is 4. The van der Waals surface area contributed by atoms with E-state index in [2.05, 4.69) is 15.9 Å². The van der Waals surface area contributed by atoms with E-state index >= 15 is 0 Å². The van der Waals surface area contributed by atoms with E-state index in [4.69, 9.17) is 0 Å². The first kappa shape index (κ1) is 10.0. The Bertz CT molecular complexity index is 389. The van der Waals surface area contributed by atoms with Crippen LogP contribution in [0.25, 0.3) is 0 Å². The third-order valence-corrected chi connectivity index (χ3v) is 3.42. The molecule has 0 amide bonds. The van der Waals surface area contributed by atoms with E-state index in [0.717, 1.165) is 0 Å². The molecule has 1 aliphatic rings. The molecule has 0 nitrogen and oxygen atoms in total. The van der Waals surface area contributed by atoms with Gasteiger partial charge < -0.3 is 0 Å². The molecule has 1 aromatic rings. The van der Waals surface area contributed by atoms with Crippen molar-refractivity contribution in [1.29, 1.82) is 0 Å². The Kier molecular flexibility index (Phi) is 1.97. The van der Waals surface area contributed by atoms with Crippen molar-refractivity contribution in [3.8, 4) is 0 Å². The van der Waals surface area contributed by atoms with E-state index < -0.39 is 17.2 Å². The molecule has 1 unspecified atom stereocenters. The van der Waals surface area contributed by atoms with Gasteiger partial charge in [-0.05, 0) is 40.5 Å². The van der Waals surface area contributed by atoms with Gasteiger partial charge in [0.15, 0.2) is 0 Å². The lowest BCUT2D eigenvalue weighted by Gasteiger charge is -2.10. The van der Waals surface area contributed by atoms with E-state index in [0.29, 0.717) is 5.56 Å². The van der Waals surface area contributed by atoms with Gasteiger partial charge in [-0.1, -0.05) is 6.07 Å². The fourth-order valence-corrected chi connectivity index (χ4v) is 1.93. The second-order valence-corrected chi connectivity index (χ2v) is 4.70. The fraction of sp³-hybridized carbons (Fsp3) is 0.400. The number of hydrogen-bond donors (Lipinski definition) is 0. The minimum Gasteiger partial charge on any atom is -0.206 e. The lowest BCUT2D eigenvalue weighted by atomic mass is 9.98. The molecule has 0 bridgehead atoms. The van der Waals surface area contributed by atoms with Gasteiger partial charge in [0.25, 0.3) is 5.92 Å². The Morgan fingerprint density at radius 2 is 1.93 bits per heavy atom. The van der Waals surface area contributed by atoms with Crippen molar-refractivity contribution in [3.05, 3.63) is 34.1 Å². The van der Waals surface area contributed by atoms with Crippen molar-refractivity contribution in [2.75, 3.05) is 0 Å². The van der Waals surface area contributed by atoms with Gasteiger partial charge in [-0.3, -0.25) is 0 Å². The highest BCUT2D eigenvalue weighted by Gasteiger charge is 2.68. The number of alkyl halides is 2. The minimum atomic E-state index is -2.65. The Morgan fingerprint density at radius 3 is 2.36 bits per heavy atom. The average molecular weight is 265 g/mol. The molecule has 1 aromatic carbocycles. The normalized spacial score (nSPS) is 28.9. The first-order chi connectivity index (χ1) is 6.37. The summed E-state index contributed by atoms with van der Waals surface area (Å²) in [6.45, 7) is 1.49. The molecule has 0 aliphatic heterocycles. The fourth-order valence-electron chi connectivity index (χ4n) is 1.55. The van der Waals surface area contributed by atoms with Gasteiger partial charge in [0.05, 0.1) is 9.89 Å². The van der Waals surface area contributed by atoms with Crippen LogP contribution < -0.4 is 0 Å². The largest absolute Gasteiger partial charge is 0.258 e. The number of hydrogen-bond acceptors (Lipinski definition) is 0. The minimum absolute atomic E-state index is 0.155. The summed E-state index contributed by atoms with van der Waals surface area (Å²) in [4.78, 5) is 0. The van der Waals surface area contributed by atoms with Gasteiger partial charge in [-0.15, -0.1) is 0 Å². The van der Waals surface area contributed by atoms with Crippen LogP contribution in [0.1, 0.15) is 18.9 Å². The summed E-state index contributed by atoms with van der Waals surface area (Å²) in [5.41, 5.74) is -0.626. The van der Waals surface area contributed by atoms with Crippen LogP contribution in [0.15, 0.2) is 22.7 Å². The summed E-state index contributed by atoms with van der Waals surface area (Å²) in [6.07, 6.45) is -0.155. The van der Waals surface area contributed by atoms with E-state index in [1.54, 1.807) is 0 Å². The maximum Gasteiger partial charge on any atom is 0.258 e. The van der Waals surface area contributed by atoms with E-state index in [1.807, 2.05) is 0 Å². The topological polar surface area (TPSA) is 0 Å². The molecule has 1 aliphatic carbocycles. The Labute approximate surface area is 88.2 Å². The molecule has 1 atom stereocenters. The van der Waals surface area contributed by atoms with Crippen molar-refractivity contribution < 1.29 is 13.2 Å². The molecule has 2 rings (SSSR count). The summed E-state index contributed by atoms with van der Waals surface area (Å²) in [5.74, 6) is -3.08. The molecule has 0 heterocycles. The predicted octanol–water partition coefficient (Wildman–Crippen LogP) is 3.88. The molecule has 0 radical (unpaired) electrons. The summed E-state index contributed by atoms with van der Waals surface area (Å²) in [6, 6.07) is 4.05. The van der Waals surface area contributed by atoms with Gasteiger partial charge in [0.2, 0.25) is 0 Å². The second-order valence-electron chi connectivity index (χ2n) is 3.84. The molecule has 0 spiro atoms. The summed E-state index contributed by atoms with van der Waals surface area (Å²) >= 11 is 2.98. The number of rotatable bonds is 1. The van der Waals surface area contributed by atoms with Crippen LogP contribution in [0.4, 0.5) is 13.2 Å². The molecular formula is C10H8BrF3. The monoisotopic (exact) mass is 264 g/mol. The van der Waals surface area contributed by atoms with Gasteiger partial charge in [-0.25, -0.2) is 13.2 Å². The molecule has 0 saturated heterocycles. The van der Waals surface area contributed by atoms with Crippen LogP contribution in [0.2, 0.25) is 0 Å². The average Bonchev–Trinajstić information content (AvgIpc) is 2.58. The molecule has 1 fully saturated rings. The first-order valence-corrected chi connectivity index (χ1v) is 4.99. The van der Waals surface area contributed by atoms with Crippen LogP contribution in [-0.2, 0) is 5.41 Å². The van der Waals surface area contributed by atoms with Crippen molar-refractivity contribution in [2.45, 2.75) is 24.7 Å². The van der Waals surface area contributed by atoms with Crippen molar-refractivity contribution in [2.24, 2.45) is 0 Å². The second kappa shape index (κ2) is 2.75. The molecule has 4 heteroatoms.